The van der Waals surface area contributed by atoms with Crippen LogP contribution in [-0.2, 0) is 17.3 Å². The van der Waals surface area contributed by atoms with Crippen molar-refractivity contribution in [1.82, 2.24) is 0 Å². The van der Waals surface area contributed by atoms with Gasteiger partial charge in [-0.1, -0.05) is 18.2 Å². The number of carboxylic acid groups (broad SMARTS) is 1. The van der Waals surface area contributed by atoms with Crippen LogP contribution in [0, 0.1) is 0 Å². The smallest absolute Gasteiger partial charge is 0.416 e. The number of nitrogens with two attached hydrogens (primary N) is 1. The number of aliphatic hydroxyl groups is 1. The summed E-state index contributed by atoms with van der Waals surface area (Å²) in [5.41, 5.74) is 6.08. The van der Waals surface area contributed by atoms with Gasteiger partial charge in [-0.25, -0.2) is 4.79 Å². The third-order valence-corrected chi connectivity index (χ3v) is 3.82. The maximum Gasteiger partial charge on any atom is 0.416 e. The Balaban J connectivity index is 2.50. The predicted octanol–water partition coefficient (Wildman–Crippen LogP) is 3.20. The molecule has 0 unspecified atom stereocenters. The zero-order valence-corrected chi connectivity index (χ0v) is 13.7. The van der Waals surface area contributed by atoms with Crippen LogP contribution < -0.4 is 5.73 Å². The van der Waals surface area contributed by atoms with Crippen molar-refractivity contribution in [3.8, 4) is 11.1 Å². The zero-order valence-electron chi connectivity index (χ0n) is 13.7. The lowest BCUT2D eigenvalue weighted by molar-refractivity contribution is -0.137. The van der Waals surface area contributed by atoms with E-state index in [-0.39, 0.29) is 43.1 Å². The lowest BCUT2D eigenvalue weighted by Crippen LogP contribution is -2.10. The van der Waals surface area contributed by atoms with Crippen molar-refractivity contribution in [2.24, 2.45) is 0 Å². The van der Waals surface area contributed by atoms with Gasteiger partial charge in [0.25, 0.3) is 0 Å². The summed E-state index contributed by atoms with van der Waals surface area (Å²) >= 11 is 0. The third-order valence-electron chi connectivity index (χ3n) is 3.82. The van der Waals surface area contributed by atoms with Crippen LogP contribution >= 0.6 is 0 Å². The molecule has 0 aromatic heterocycles. The number of alkyl halides is 3. The van der Waals surface area contributed by atoms with Crippen LogP contribution in [0.25, 0.3) is 11.1 Å². The van der Waals surface area contributed by atoms with Gasteiger partial charge in [0.1, 0.15) is 0 Å². The molecule has 8 heteroatoms. The highest BCUT2D eigenvalue weighted by Gasteiger charge is 2.30. The first kappa shape index (κ1) is 19.7. The van der Waals surface area contributed by atoms with E-state index in [9.17, 15) is 23.1 Å². The number of ether oxygens (including phenoxy) is 1. The van der Waals surface area contributed by atoms with E-state index in [2.05, 4.69) is 0 Å². The number of halogens is 3. The lowest BCUT2D eigenvalue weighted by atomic mass is 9.92. The van der Waals surface area contributed by atoms with Gasteiger partial charge in [0, 0.05) is 0 Å². The van der Waals surface area contributed by atoms with Crippen LogP contribution in [0.5, 0.6) is 0 Å². The second-order valence-electron chi connectivity index (χ2n) is 5.52. The second kappa shape index (κ2) is 8.20. The molecule has 2 aromatic carbocycles. The third kappa shape index (κ3) is 4.53. The van der Waals surface area contributed by atoms with Gasteiger partial charge >= 0.3 is 12.1 Å². The van der Waals surface area contributed by atoms with Crippen LogP contribution in [0.3, 0.4) is 0 Å². The van der Waals surface area contributed by atoms with Crippen molar-refractivity contribution >= 4 is 11.7 Å². The molecule has 0 spiro atoms. The monoisotopic (exact) mass is 369 g/mol. The standard InChI is InChI=1S/C18H18F3NO4/c19-18(20,21)12-3-1-2-11(10-12)13-4-5-15(17(24)25)16(22)14(13)6-8-26-9-7-23/h1-5,10,23H,6-9,22H2,(H,24,25). The molecular weight excluding hydrogens is 351 g/mol. The fourth-order valence-corrected chi connectivity index (χ4v) is 2.59. The van der Waals surface area contributed by atoms with Gasteiger partial charge in [0.2, 0.25) is 0 Å². The number of carbonyl (C=O) groups is 1. The van der Waals surface area contributed by atoms with Crippen molar-refractivity contribution in [2.75, 3.05) is 25.6 Å². The largest absolute Gasteiger partial charge is 0.478 e. The molecule has 2 rings (SSSR count). The minimum absolute atomic E-state index is 0.0139. The zero-order chi connectivity index (χ0) is 19.3. The molecule has 0 saturated carbocycles. The Morgan fingerprint density at radius 1 is 1.15 bits per heavy atom. The summed E-state index contributed by atoms with van der Waals surface area (Å²) < 4.78 is 44.1. The summed E-state index contributed by atoms with van der Waals surface area (Å²) in [4.78, 5) is 11.3. The molecule has 0 fully saturated rings. The highest BCUT2D eigenvalue weighted by molar-refractivity contribution is 5.96. The fourth-order valence-electron chi connectivity index (χ4n) is 2.59. The van der Waals surface area contributed by atoms with Gasteiger partial charge in [0.05, 0.1) is 36.6 Å². The first-order valence-electron chi connectivity index (χ1n) is 7.76. The summed E-state index contributed by atoms with van der Waals surface area (Å²) in [7, 11) is 0. The van der Waals surface area contributed by atoms with Crippen molar-refractivity contribution in [2.45, 2.75) is 12.6 Å². The maximum absolute atomic E-state index is 13.0. The minimum Gasteiger partial charge on any atom is -0.478 e. The number of hydrogen-bond acceptors (Lipinski definition) is 4. The van der Waals surface area contributed by atoms with Crippen molar-refractivity contribution in [3.05, 3.63) is 53.1 Å². The lowest BCUT2D eigenvalue weighted by Gasteiger charge is -2.16. The Kier molecular flexibility index (Phi) is 6.23. The normalized spacial score (nSPS) is 11.5. The van der Waals surface area contributed by atoms with E-state index >= 15 is 0 Å². The second-order valence-corrected chi connectivity index (χ2v) is 5.52. The van der Waals surface area contributed by atoms with E-state index in [1.165, 1.54) is 24.3 Å². The van der Waals surface area contributed by atoms with E-state index < -0.39 is 17.7 Å². The van der Waals surface area contributed by atoms with Crippen LogP contribution in [0.2, 0.25) is 0 Å². The first-order valence-corrected chi connectivity index (χ1v) is 7.76. The molecule has 0 heterocycles. The Hall–Kier alpha value is -2.58. The first-order chi connectivity index (χ1) is 12.3. The van der Waals surface area contributed by atoms with Crippen molar-refractivity contribution in [1.29, 1.82) is 0 Å². The Bertz CT molecular complexity index is 790. The topological polar surface area (TPSA) is 92.8 Å². The van der Waals surface area contributed by atoms with Gasteiger partial charge in [-0.3, -0.25) is 0 Å². The Morgan fingerprint density at radius 3 is 2.50 bits per heavy atom. The van der Waals surface area contributed by atoms with Gasteiger partial charge in [-0.05, 0) is 41.3 Å². The minimum atomic E-state index is -4.49. The molecular formula is C18H18F3NO4. The van der Waals surface area contributed by atoms with Crippen LogP contribution in [0.1, 0.15) is 21.5 Å². The Morgan fingerprint density at radius 2 is 1.88 bits per heavy atom. The summed E-state index contributed by atoms with van der Waals surface area (Å²) in [6.45, 7) is 0.0579. The molecule has 0 aliphatic heterocycles. The molecule has 0 aliphatic carbocycles. The van der Waals surface area contributed by atoms with Gasteiger partial charge in [0.15, 0.2) is 0 Å². The average molecular weight is 369 g/mol. The number of benzene rings is 2. The van der Waals surface area contributed by atoms with Crippen molar-refractivity contribution < 1.29 is 32.9 Å². The number of nitrogen functional groups attached to an aromatic ring is 1. The number of aromatic carboxylic acids is 1. The molecule has 0 amide bonds. The Labute approximate surface area is 147 Å². The summed E-state index contributed by atoms with van der Waals surface area (Å²) in [6, 6.07) is 7.45. The number of carboxylic acids is 1. The summed E-state index contributed by atoms with van der Waals surface area (Å²) in [5, 5.41) is 18.0. The molecule has 26 heavy (non-hydrogen) atoms. The molecule has 0 aliphatic rings. The molecule has 0 saturated heterocycles. The van der Waals surface area contributed by atoms with E-state index in [0.29, 0.717) is 11.1 Å². The van der Waals surface area contributed by atoms with Crippen LogP contribution in [0.15, 0.2) is 36.4 Å². The summed E-state index contributed by atoms with van der Waals surface area (Å²) in [5.74, 6) is -1.23. The number of rotatable bonds is 7. The maximum atomic E-state index is 13.0. The average Bonchev–Trinajstić information content (AvgIpc) is 2.58. The van der Waals surface area contributed by atoms with E-state index in [0.717, 1.165) is 12.1 Å². The molecule has 5 nitrogen and oxygen atoms in total. The van der Waals surface area contributed by atoms with Crippen LogP contribution in [-0.4, -0.2) is 36.0 Å². The fraction of sp³-hybridized carbons (Fsp3) is 0.278. The van der Waals surface area contributed by atoms with Crippen LogP contribution in [0.4, 0.5) is 18.9 Å². The van der Waals surface area contributed by atoms with E-state index in [4.69, 9.17) is 15.6 Å². The van der Waals surface area contributed by atoms with E-state index in [1.807, 2.05) is 0 Å². The van der Waals surface area contributed by atoms with Gasteiger partial charge < -0.3 is 20.7 Å². The SMILES string of the molecule is Nc1c(C(=O)O)ccc(-c2cccc(C(F)(F)F)c2)c1CCOCCO. The highest BCUT2D eigenvalue weighted by Crippen LogP contribution is 2.35. The number of hydrogen-bond donors (Lipinski definition) is 3. The highest BCUT2D eigenvalue weighted by atomic mass is 19.4. The molecule has 2 aromatic rings. The summed E-state index contributed by atoms with van der Waals surface area (Å²) in [6.07, 6.45) is -4.30. The quantitative estimate of drug-likeness (QED) is 0.515. The number of aliphatic hydroxyl groups excluding tert-OH is 1. The predicted molar refractivity (Wildman–Crippen MR) is 89.9 cm³/mol. The molecule has 0 atom stereocenters. The van der Waals surface area contributed by atoms with E-state index in [1.54, 1.807) is 0 Å². The molecule has 0 bridgehead atoms. The molecule has 140 valence electrons. The van der Waals surface area contributed by atoms with Gasteiger partial charge in [-0.15, -0.1) is 0 Å². The molecule has 0 radical (unpaired) electrons. The van der Waals surface area contributed by atoms with Crippen molar-refractivity contribution in [3.63, 3.8) is 0 Å². The number of anilines is 1. The van der Waals surface area contributed by atoms with Gasteiger partial charge in [-0.2, -0.15) is 13.2 Å². The molecule has 4 N–H and O–H groups in total.